The molecule has 0 spiro atoms. The molecule has 0 saturated carbocycles. The number of alkyl halides is 1. The van der Waals surface area contributed by atoms with Crippen molar-refractivity contribution in [3.8, 4) is 0 Å². The smallest absolute Gasteiger partial charge is 0.145 e. The van der Waals surface area contributed by atoms with Crippen molar-refractivity contribution >= 4 is 44.3 Å². The zero-order chi connectivity index (χ0) is 11.4. The zero-order valence-corrected chi connectivity index (χ0v) is 12.8. The number of rotatable bonds is 4. The maximum absolute atomic E-state index is 4.41. The van der Waals surface area contributed by atoms with Crippen molar-refractivity contribution in [3.63, 3.8) is 0 Å². The lowest BCUT2D eigenvalue weighted by Gasteiger charge is -2.26. The zero-order valence-electron chi connectivity index (χ0n) is 9.07. The van der Waals surface area contributed by atoms with Crippen molar-refractivity contribution in [2.24, 2.45) is 0 Å². The minimum absolute atomic E-state index is 0.668. The standard InChI is InChI=1S/C11H15BrIN3/c12-5-1-3-9-4-2-6-16(9)11-10(13)7-14-8-15-11/h7-9H,1-6H2. The Balaban J connectivity index is 2.10. The Hall–Kier alpha value is 0.0900. The van der Waals surface area contributed by atoms with E-state index >= 15 is 0 Å². The van der Waals surface area contributed by atoms with Crippen LogP contribution >= 0.6 is 38.5 Å². The van der Waals surface area contributed by atoms with Gasteiger partial charge in [0.05, 0.1) is 3.57 Å². The van der Waals surface area contributed by atoms with Crippen LogP contribution in [0.5, 0.6) is 0 Å². The van der Waals surface area contributed by atoms with E-state index in [1.54, 1.807) is 6.33 Å². The molecule has 16 heavy (non-hydrogen) atoms. The van der Waals surface area contributed by atoms with Gasteiger partial charge in [-0.15, -0.1) is 0 Å². The number of hydrogen-bond acceptors (Lipinski definition) is 3. The molecule has 5 heteroatoms. The van der Waals surface area contributed by atoms with Crippen LogP contribution in [0.3, 0.4) is 0 Å². The van der Waals surface area contributed by atoms with E-state index in [-0.39, 0.29) is 0 Å². The third kappa shape index (κ3) is 2.85. The van der Waals surface area contributed by atoms with E-state index in [2.05, 4.69) is 53.4 Å². The number of halogens is 2. The van der Waals surface area contributed by atoms with Gasteiger partial charge in [-0.2, -0.15) is 0 Å². The van der Waals surface area contributed by atoms with E-state index in [1.807, 2.05) is 6.20 Å². The number of anilines is 1. The van der Waals surface area contributed by atoms with Crippen molar-refractivity contribution in [2.75, 3.05) is 16.8 Å². The van der Waals surface area contributed by atoms with Crippen LogP contribution in [-0.2, 0) is 0 Å². The van der Waals surface area contributed by atoms with Crippen molar-refractivity contribution in [1.82, 2.24) is 9.97 Å². The van der Waals surface area contributed by atoms with Crippen LogP contribution in [0, 0.1) is 3.57 Å². The Morgan fingerprint density at radius 2 is 2.44 bits per heavy atom. The molecule has 3 nitrogen and oxygen atoms in total. The Morgan fingerprint density at radius 3 is 3.19 bits per heavy atom. The van der Waals surface area contributed by atoms with Gasteiger partial charge in [0.2, 0.25) is 0 Å². The fraction of sp³-hybridized carbons (Fsp3) is 0.636. The quantitative estimate of drug-likeness (QED) is 0.579. The molecule has 1 saturated heterocycles. The Labute approximate surface area is 118 Å². The molecule has 1 aliphatic rings. The van der Waals surface area contributed by atoms with E-state index in [9.17, 15) is 0 Å². The summed E-state index contributed by atoms with van der Waals surface area (Å²) in [6.07, 6.45) is 8.62. The highest BCUT2D eigenvalue weighted by atomic mass is 127. The second kappa shape index (κ2) is 6.14. The molecule has 1 aromatic heterocycles. The molecule has 88 valence electrons. The van der Waals surface area contributed by atoms with E-state index in [1.165, 1.54) is 25.7 Å². The van der Waals surface area contributed by atoms with Crippen LogP contribution in [0.1, 0.15) is 25.7 Å². The molecule has 1 unspecified atom stereocenters. The van der Waals surface area contributed by atoms with Crippen LogP contribution in [-0.4, -0.2) is 27.9 Å². The second-order valence-corrected chi connectivity index (χ2v) is 5.97. The first kappa shape index (κ1) is 12.5. The van der Waals surface area contributed by atoms with Crippen LogP contribution in [0.25, 0.3) is 0 Å². The molecule has 2 rings (SSSR count). The molecule has 0 aromatic carbocycles. The highest BCUT2D eigenvalue weighted by molar-refractivity contribution is 14.1. The maximum Gasteiger partial charge on any atom is 0.145 e. The average Bonchev–Trinajstić information content (AvgIpc) is 2.75. The predicted molar refractivity (Wildman–Crippen MR) is 78.1 cm³/mol. The van der Waals surface area contributed by atoms with Crippen LogP contribution in [0.15, 0.2) is 12.5 Å². The maximum atomic E-state index is 4.41. The van der Waals surface area contributed by atoms with E-state index < -0.39 is 0 Å². The highest BCUT2D eigenvalue weighted by Gasteiger charge is 2.26. The Kier molecular flexibility index (Phi) is 4.81. The fourth-order valence-electron chi connectivity index (χ4n) is 2.24. The van der Waals surface area contributed by atoms with Crippen LogP contribution in [0.4, 0.5) is 5.82 Å². The van der Waals surface area contributed by atoms with Crippen LogP contribution < -0.4 is 4.90 Å². The minimum Gasteiger partial charge on any atom is -0.353 e. The summed E-state index contributed by atoms with van der Waals surface area (Å²) < 4.78 is 1.16. The lowest BCUT2D eigenvalue weighted by Crippen LogP contribution is -2.30. The second-order valence-electron chi connectivity index (χ2n) is 4.01. The first-order valence-corrected chi connectivity index (χ1v) is 7.81. The molecule has 0 aliphatic carbocycles. The number of hydrogen-bond donors (Lipinski definition) is 0. The average molecular weight is 396 g/mol. The van der Waals surface area contributed by atoms with Gasteiger partial charge in [-0.05, 0) is 48.3 Å². The first-order chi connectivity index (χ1) is 7.83. The summed E-state index contributed by atoms with van der Waals surface area (Å²) in [6, 6.07) is 0.668. The number of nitrogens with zero attached hydrogens (tertiary/aromatic N) is 3. The van der Waals surface area contributed by atoms with Crippen molar-refractivity contribution in [2.45, 2.75) is 31.7 Å². The van der Waals surface area contributed by atoms with Gasteiger partial charge in [-0.1, -0.05) is 15.9 Å². The third-order valence-electron chi connectivity index (χ3n) is 2.97. The van der Waals surface area contributed by atoms with Gasteiger partial charge in [0, 0.05) is 24.1 Å². The predicted octanol–water partition coefficient (Wildman–Crippen LogP) is 3.23. The summed E-state index contributed by atoms with van der Waals surface area (Å²) in [7, 11) is 0. The molecule has 0 bridgehead atoms. The Morgan fingerprint density at radius 1 is 1.56 bits per heavy atom. The molecule has 0 radical (unpaired) electrons. The summed E-state index contributed by atoms with van der Waals surface area (Å²) in [5.74, 6) is 1.12. The Bertz CT molecular complexity index is 348. The summed E-state index contributed by atoms with van der Waals surface area (Å²) >= 11 is 5.82. The fourth-order valence-corrected chi connectivity index (χ4v) is 3.18. The molecule has 1 fully saturated rings. The summed E-state index contributed by atoms with van der Waals surface area (Å²) in [5.41, 5.74) is 0. The number of aromatic nitrogens is 2. The van der Waals surface area contributed by atoms with Crippen molar-refractivity contribution in [1.29, 1.82) is 0 Å². The van der Waals surface area contributed by atoms with Gasteiger partial charge in [0.15, 0.2) is 0 Å². The summed E-state index contributed by atoms with van der Waals surface area (Å²) in [6.45, 7) is 1.14. The third-order valence-corrected chi connectivity index (χ3v) is 4.29. The molecule has 1 aliphatic heterocycles. The van der Waals surface area contributed by atoms with E-state index in [0.29, 0.717) is 6.04 Å². The van der Waals surface area contributed by atoms with Gasteiger partial charge < -0.3 is 4.90 Å². The SMILES string of the molecule is BrCCCC1CCCN1c1ncncc1I. The lowest BCUT2D eigenvalue weighted by molar-refractivity contribution is 0.599. The van der Waals surface area contributed by atoms with E-state index in [4.69, 9.17) is 0 Å². The largest absolute Gasteiger partial charge is 0.353 e. The lowest BCUT2D eigenvalue weighted by atomic mass is 10.1. The highest BCUT2D eigenvalue weighted by Crippen LogP contribution is 2.29. The van der Waals surface area contributed by atoms with Gasteiger partial charge in [-0.25, -0.2) is 9.97 Å². The van der Waals surface area contributed by atoms with Crippen molar-refractivity contribution in [3.05, 3.63) is 16.1 Å². The molecule has 0 amide bonds. The molecule has 1 aromatic rings. The van der Waals surface area contributed by atoms with Crippen molar-refractivity contribution < 1.29 is 0 Å². The van der Waals surface area contributed by atoms with Gasteiger partial charge in [0.1, 0.15) is 12.1 Å². The van der Waals surface area contributed by atoms with Crippen LogP contribution in [0.2, 0.25) is 0 Å². The molecule has 2 heterocycles. The van der Waals surface area contributed by atoms with Gasteiger partial charge >= 0.3 is 0 Å². The molecular weight excluding hydrogens is 381 g/mol. The van der Waals surface area contributed by atoms with Gasteiger partial charge in [0.25, 0.3) is 0 Å². The summed E-state index contributed by atoms with van der Waals surface area (Å²) in [4.78, 5) is 10.9. The monoisotopic (exact) mass is 395 g/mol. The van der Waals surface area contributed by atoms with Gasteiger partial charge in [-0.3, -0.25) is 0 Å². The minimum atomic E-state index is 0.668. The molecule has 0 N–H and O–H groups in total. The molecule has 1 atom stereocenters. The topological polar surface area (TPSA) is 29.0 Å². The summed E-state index contributed by atoms with van der Waals surface area (Å²) in [5, 5.41) is 1.10. The molecular formula is C11H15BrIN3. The van der Waals surface area contributed by atoms with E-state index in [0.717, 1.165) is 21.3 Å². The first-order valence-electron chi connectivity index (χ1n) is 5.61. The normalized spacial score (nSPS) is 20.4.